The second kappa shape index (κ2) is 5.33. The van der Waals surface area contributed by atoms with Crippen LogP contribution in [0.5, 0.6) is 0 Å². The Balaban J connectivity index is 2.22. The molecular formula is C12H12BrNOS2. The largest absolute Gasteiger partial charge is 0.398 e. The molecule has 0 fully saturated rings. The van der Waals surface area contributed by atoms with Gasteiger partial charge in [0.1, 0.15) is 0 Å². The summed E-state index contributed by atoms with van der Waals surface area (Å²) in [5.74, 6) is 0.518. The second-order valence-electron chi connectivity index (χ2n) is 3.74. The third-order valence-electron chi connectivity index (χ3n) is 2.32. The molecule has 1 aromatic carbocycles. The molecule has 0 bridgehead atoms. The molecule has 2 N–H and O–H groups in total. The molecule has 5 heteroatoms. The Morgan fingerprint density at radius 2 is 2.12 bits per heavy atom. The van der Waals surface area contributed by atoms with E-state index in [4.69, 9.17) is 5.73 Å². The number of thiophene rings is 1. The summed E-state index contributed by atoms with van der Waals surface area (Å²) >= 11 is 5.00. The lowest BCUT2D eigenvalue weighted by atomic mass is 10.2. The molecule has 90 valence electrons. The number of nitrogens with two attached hydrogens (primary N) is 1. The van der Waals surface area contributed by atoms with Crippen LogP contribution in [0.3, 0.4) is 0 Å². The standard InChI is InChI=1S/C12H12BrNOS2/c1-8-2-4-10(14)11(6-8)17(15)7-9-3-5-12(13)16-9/h2-6H,7,14H2,1H3. The maximum atomic E-state index is 12.2. The first-order valence-electron chi connectivity index (χ1n) is 5.05. The molecule has 17 heavy (non-hydrogen) atoms. The normalized spacial score (nSPS) is 12.6. The molecule has 2 nitrogen and oxygen atoms in total. The Bertz CT molecular complexity index is 565. The lowest BCUT2D eigenvalue weighted by Crippen LogP contribution is -2.00. The Morgan fingerprint density at radius 3 is 2.76 bits per heavy atom. The average Bonchev–Trinajstić information content (AvgIpc) is 2.67. The fraction of sp³-hybridized carbons (Fsp3) is 0.167. The third-order valence-corrected chi connectivity index (χ3v) is 5.54. The molecule has 0 aliphatic heterocycles. The van der Waals surface area contributed by atoms with Gasteiger partial charge in [-0.25, -0.2) is 0 Å². The van der Waals surface area contributed by atoms with Crippen LogP contribution in [-0.4, -0.2) is 4.21 Å². The maximum absolute atomic E-state index is 12.2. The van der Waals surface area contributed by atoms with Crippen molar-refractivity contribution in [3.8, 4) is 0 Å². The van der Waals surface area contributed by atoms with Crippen molar-refractivity contribution >= 4 is 43.8 Å². The number of hydrogen-bond acceptors (Lipinski definition) is 3. The van der Waals surface area contributed by atoms with Crippen LogP contribution in [0.25, 0.3) is 0 Å². The van der Waals surface area contributed by atoms with Crippen LogP contribution in [0.15, 0.2) is 39.0 Å². The van der Waals surface area contributed by atoms with Crippen molar-refractivity contribution < 1.29 is 4.21 Å². The highest BCUT2D eigenvalue weighted by Crippen LogP contribution is 2.26. The van der Waals surface area contributed by atoms with E-state index < -0.39 is 10.8 Å². The van der Waals surface area contributed by atoms with Crippen LogP contribution in [0.2, 0.25) is 0 Å². The minimum Gasteiger partial charge on any atom is -0.398 e. The van der Waals surface area contributed by atoms with Gasteiger partial charge in [-0.3, -0.25) is 4.21 Å². The van der Waals surface area contributed by atoms with E-state index in [1.807, 2.05) is 37.3 Å². The highest BCUT2D eigenvalue weighted by molar-refractivity contribution is 9.11. The fourth-order valence-electron chi connectivity index (χ4n) is 1.48. The molecule has 1 heterocycles. The Kier molecular flexibility index (Phi) is 4.01. The van der Waals surface area contributed by atoms with E-state index in [9.17, 15) is 4.21 Å². The van der Waals surface area contributed by atoms with Gasteiger partial charge in [0.25, 0.3) is 0 Å². The zero-order valence-corrected chi connectivity index (χ0v) is 12.5. The molecule has 0 saturated heterocycles. The number of halogens is 1. The zero-order chi connectivity index (χ0) is 12.4. The summed E-state index contributed by atoms with van der Waals surface area (Å²) in [7, 11) is -1.08. The van der Waals surface area contributed by atoms with Crippen LogP contribution in [0.1, 0.15) is 10.4 Å². The summed E-state index contributed by atoms with van der Waals surface area (Å²) in [6, 6.07) is 9.59. The van der Waals surface area contributed by atoms with Gasteiger partial charge in [-0.1, -0.05) is 6.07 Å². The van der Waals surface area contributed by atoms with Gasteiger partial charge < -0.3 is 5.73 Å². The Labute approximate surface area is 115 Å². The lowest BCUT2D eigenvalue weighted by molar-refractivity contribution is 0.683. The van der Waals surface area contributed by atoms with Gasteiger partial charge in [0, 0.05) is 10.6 Å². The number of nitrogen functional groups attached to an aromatic ring is 1. The van der Waals surface area contributed by atoms with Gasteiger partial charge in [-0.15, -0.1) is 11.3 Å². The van der Waals surface area contributed by atoms with Crippen LogP contribution in [-0.2, 0) is 16.6 Å². The summed E-state index contributed by atoms with van der Waals surface area (Å²) in [4.78, 5) is 1.82. The first-order valence-corrected chi connectivity index (χ1v) is 7.98. The first-order chi connectivity index (χ1) is 8.06. The van der Waals surface area contributed by atoms with E-state index in [-0.39, 0.29) is 0 Å². The van der Waals surface area contributed by atoms with Crippen molar-refractivity contribution in [3.63, 3.8) is 0 Å². The van der Waals surface area contributed by atoms with Crippen molar-refractivity contribution in [2.45, 2.75) is 17.6 Å². The van der Waals surface area contributed by atoms with E-state index in [1.165, 1.54) is 0 Å². The SMILES string of the molecule is Cc1ccc(N)c(S(=O)Cc2ccc(Br)s2)c1. The molecule has 0 saturated carbocycles. The van der Waals surface area contributed by atoms with Gasteiger partial charge in [0.05, 0.1) is 25.2 Å². The minimum atomic E-state index is -1.08. The highest BCUT2D eigenvalue weighted by Gasteiger charge is 2.10. The smallest absolute Gasteiger partial charge is 0.0701 e. The monoisotopic (exact) mass is 329 g/mol. The second-order valence-corrected chi connectivity index (χ2v) is 7.70. The molecule has 0 amide bonds. The van der Waals surface area contributed by atoms with E-state index in [2.05, 4.69) is 15.9 Å². The molecular weight excluding hydrogens is 318 g/mol. The first kappa shape index (κ1) is 12.8. The Hall–Kier alpha value is -0.650. The lowest BCUT2D eigenvalue weighted by Gasteiger charge is -2.05. The molecule has 0 spiro atoms. The third kappa shape index (κ3) is 3.18. The number of aryl methyl sites for hydroxylation is 1. The van der Waals surface area contributed by atoms with Crippen LogP contribution < -0.4 is 5.73 Å². The van der Waals surface area contributed by atoms with Crippen molar-refractivity contribution in [2.75, 3.05) is 5.73 Å². The van der Waals surface area contributed by atoms with E-state index >= 15 is 0 Å². The van der Waals surface area contributed by atoms with E-state index in [0.29, 0.717) is 11.4 Å². The maximum Gasteiger partial charge on any atom is 0.0701 e. The van der Waals surface area contributed by atoms with E-state index in [0.717, 1.165) is 19.1 Å². The van der Waals surface area contributed by atoms with E-state index in [1.54, 1.807) is 11.3 Å². The van der Waals surface area contributed by atoms with Gasteiger partial charge in [-0.05, 0) is 52.7 Å². The number of rotatable bonds is 3. The summed E-state index contributed by atoms with van der Waals surface area (Å²) in [5.41, 5.74) is 7.53. The fourth-order valence-corrected chi connectivity index (χ4v) is 4.47. The zero-order valence-electron chi connectivity index (χ0n) is 9.27. The summed E-state index contributed by atoms with van der Waals surface area (Å²) < 4.78 is 13.3. The number of hydrogen-bond donors (Lipinski definition) is 1. The van der Waals surface area contributed by atoms with Gasteiger partial charge in [0.15, 0.2) is 0 Å². The van der Waals surface area contributed by atoms with Crippen LogP contribution in [0.4, 0.5) is 5.69 Å². The van der Waals surface area contributed by atoms with Crippen molar-refractivity contribution in [1.29, 1.82) is 0 Å². The molecule has 2 rings (SSSR count). The molecule has 1 atom stereocenters. The summed E-state index contributed by atoms with van der Waals surface area (Å²) in [6.45, 7) is 1.97. The summed E-state index contributed by atoms with van der Waals surface area (Å²) in [5, 5.41) is 0. The van der Waals surface area contributed by atoms with Crippen LogP contribution in [0, 0.1) is 6.92 Å². The molecule has 2 aromatic rings. The number of anilines is 1. The van der Waals surface area contributed by atoms with Crippen molar-refractivity contribution in [1.82, 2.24) is 0 Å². The van der Waals surface area contributed by atoms with Gasteiger partial charge in [-0.2, -0.15) is 0 Å². The van der Waals surface area contributed by atoms with Gasteiger partial charge >= 0.3 is 0 Å². The summed E-state index contributed by atoms with van der Waals surface area (Å²) in [6.07, 6.45) is 0. The average molecular weight is 330 g/mol. The van der Waals surface area contributed by atoms with Crippen molar-refractivity contribution in [3.05, 3.63) is 44.6 Å². The van der Waals surface area contributed by atoms with Crippen LogP contribution >= 0.6 is 27.3 Å². The number of benzene rings is 1. The molecule has 0 aliphatic rings. The Morgan fingerprint density at radius 1 is 1.35 bits per heavy atom. The highest BCUT2D eigenvalue weighted by atomic mass is 79.9. The molecule has 1 unspecified atom stereocenters. The quantitative estimate of drug-likeness (QED) is 0.872. The van der Waals surface area contributed by atoms with Gasteiger partial charge in [0.2, 0.25) is 0 Å². The topological polar surface area (TPSA) is 43.1 Å². The molecule has 0 aliphatic carbocycles. The molecule has 0 radical (unpaired) electrons. The minimum absolute atomic E-state index is 0.518. The molecule has 1 aromatic heterocycles. The predicted octanol–water partition coefficient (Wildman–Crippen LogP) is 3.71. The predicted molar refractivity (Wildman–Crippen MR) is 77.7 cm³/mol. The van der Waals surface area contributed by atoms with Crippen molar-refractivity contribution in [2.24, 2.45) is 0 Å².